The molecule has 0 radical (unpaired) electrons. The summed E-state index contributed by atoms with van der Waals surface area (Å²) in [5.41, 5.74) is 0. The summed E-state index contributed by atoms with van der Waals surface area (Å²) in [6.07, 6.45) is 0. The van der Waals surface area contributed by atoms with Gasteiger partial charge in [-0.25, -0.2) is 4.68 Å². The summed E-state index contributed by atoms with van der Waals surface area (Å²) in [7, 11) is 1.97. The van der Waals surface area contributed by atoms with Crippen LogP contribution in [0.15, 0.2) is 0 Å². The van der Waals surface area contributed by atoms with Crippen molar-refractivity contribution in [2.45, 2.75) is 20.4 Å². The van der Waals surface area contributed by atoms with Crippen LogP contribution in [0.25, 0.3) is 0 Å². The van der Waals surface area contributed by atoms with Crippen LogP contribution in [0.2, 0.25) is 0 Å². The van der Waals surface area contributed by atoms with Gasteiger partial charge in [-0.3, -0.25) is 0 Å². The molecule has 0 saturated carbocycles. The van der Waals surface area contributed by atoms with Crippen LogP contribution in [0.3, 0.4) is 0 Å². The van der Waals surface area contributed by atoms with Crippen molar-refractivity contribution in [2.75, 3.05) is 18.5 Å². The predicted octanol–water partition coefficient (Wildman–Crippen LogP) is 0.149. The summed E-state index contributed by atoms with van der Waals surface area (Å²) in [5.74, 6) is 0.829. The molecule has 0 spiro atoms. The van der Waals surface area contributed by atoms with Crippen molar-refractivity contribution in [3.63, 3.8) is 0 Å². The Balaban J connectivity index is 2.83. The van der Waals surface area contributed by atoms with Gasteiger partial charge in [0.25, 0.3) is 0 Å². The van der Waals surface area contributed by atoms with Crippen molar-refractivity contribution in [3.05, 3.63) is 0 Å². The Labute approximate surface area is 66.0 Å². The second-order valence-corrected chi connectivity index (χ2v) is 2.31. The van der Waals surface area contributed by atoms with Gasteiger partial charge < -0.3 is 4.90 Å². The quantitative estimate of drug-likeness (QED) is 0.623. The molecule has 0 unspecified atom stereocenters. The Hall–Kier alpha value is -1.13. The van der Waals surface area contributed by atoms with E-state index >= 15 is 0 Å². The maximum atomic E-state index is 3.89. The first-order chi connectivity index (χ1) is 5.29. The standard InChI is InChI=1S/C6H13N5/c1-4-10(3)6-7-8-9-11(6)5-2/h4-5H2,1-3H3. The molecule has 1 heterocycles. The smallest absolute Gasteiger partial charge is 0.245 e. The molecule has 0 aliphatic carbocycles. The van der Waals surface area contributed by atoms with Crippen LogP contribution in [0.1, 0.15) is 13.8 Å². The van der Waals surface area contributed by atoms with Gasteiger partial charge >= 0.3 is 0 Å². The number of rotatable bonds is 3. The summed E-state index contributed by atoms with van der Waals surface area (Å²) in [4.78, 5) is 2.00. The number of aryl methyl sites for hydroxylation is 1. The van der Waals surface area contributed by atoms with E-state index in [0.29, 0.717) is 0 Å². The summed E-state index contributed by atoms with van der Waals surface area (Å²) in [6, 6.07) is 0. The number of anilines is 1. The molecule has 11 heavy (non-hydrogen) atoms. The second kappa shape index (κ2) is 3.32. The van der Waals surface area contributed by atoms with E-state index in [0.717, 1.165) is 19.0 Å². The van der Waals surface area contributed by atoms with E-state index in [1.165, 1.54) is 0 Å². The minimum Gasteiger partial charge on any atom is -0.343 e. The van der Waals surface area contributed by atoms with Crippen molar-refractivity contribution in [1.82, 2.24) is 20.2 Å². The van der Waals surface area contributed by atoms with Crippen LogP contribution in [-0.4, -0.2) is 33.8 Å². The van der Waals surface area contributed by atoms with Crippen LogP contribution >= 0.6 is 0 Å². The topological polar surface area (TPSA) is 46.8 Å². The van der Waals surface area contributed by atoms with Crippen molar-refractivity contribution in [1.29, 1.82) is 0 Å². The molecule has 62 valence electrons. The molecule has 5 nitrogen and oxygen atoms in total. The van der Waals surface area contributed by atoms with Gasteiger partial charge in [-0.15, -0.1) is 0 Å². The fourth-order valence-electron chi connectivity index (χ4n) is 0.819. The van der Waals surface area contributed by atoms with Gasteiger partial charge in [-0.1, -0.05) is 5.10 Å². The van der Waals surface area contributed by atoms with Crippen LogP contribution < -0.4 is 4.90 Å². The average Bonchev–Trinajstić information content (AvgIpc) is 2.50. The van der Waals surface area contributed by atoms with Crippen LogP contribution in [0.5, 0.6) is 0 Å². The zero-order valence-electron chi connectivity index (χ0n) is 7.15. The molecule has 5 heteroatoms. The van der Waals surface area contributed by atoms with E-state index in [4.69, 9.17) is 0 Å². The Morgan fingerprint density at radius 3 is 2.73 bits per heavy atom. The van der Waals surface area contributed by atoms with Gasteiger partial charge in [-0.2, -0.15) is 0 Å². The SMILES string of the molecule is CCN(C)c1nnnn1CC. The molecule has 0 atom stereocenters. The van der Waals surface area contributed by atoms with Gasteiger partial charge in [0, 0.05) is 20.1 Å². The third-order valence-electron chi connectivity index (χ3n) is 1.63. The van der Waals surface area contributed by atoms with Crippen LogP contribution in [-0.2, 0) is 6.54 Å². The van der Waals surface area contributed by atoms with E-state index in [9.17, 15) is 0 Å². The summed E-state index contributed by atoms with van der Waals surface area (Å²) >= 11 is 0. The monoisotopic (exact) mass is 155 g/mol. The summed E-state index contributed by atoms with van der Waals surface area (Å²) < 4.78 is 1.77. The minimum atomic E-state index is 0.812. The molecule has 0 bridgehead atoms. The first-order valence-electron chi connectivity index (χ1n) is 3.76. The normalized spacial score (nSPS) is 10.1. The maximum Gasteiger partial charge on any atom is 0.245 e. The third-order valence-corrected chi connectivity index (χ3v) is 1.63. The van der Waals surface area contributed by atoms with Crippen molar-refractivity contribution in [3.8, 4) is 0 Å². The number of hydrogen-bond donors (Lipinski definition) is 0. The van der Waals surface area contributed by atoms with Gasteiger partial charge in [-0.05, 0) is 24.3 Å². The third kappa shape index (κ3) is 1.47. The van der Waals surface area contributed by atoms with E-state index in [-0.39, 0.29) is 0 Å². The molecule has 0 N–H and O–H groups in total. The number of hydrogen-bond acceptors (Lipinski definition) is 4. The van der Waals surface area contributed by atoms with E-state index in [1.807, 2.05) is 18.9 Å². The fourth-order valence-corrected chi connectivity index (χ4v) is 0.819. The number of aromatic nitrogens is 4. The molecule has 0 aliphatic heterocycles. The highest BCUT2D eigenvalue weighted by molar-refractivity contribution is 5.25. The highest BCUT2D eigenvalue weighted by Crippen LogP contribution is 2.03. The van der Waals surface area contributed by atoms with E-state index in [1.54, 1.807) is 4.68 Å². The molecule has 0 aromatic carbocycles. The molecule has 0 aliphatic rings. The second-order valence-electron chi connectivity index (χ2n) is 2.31. The number of tetrazole rings is 1. The average molecular weight is 155 g/mol. The largest absolute Gasteiger partial charge is 0.343 e. The van der Waals surface area contributed by atoms with E-state index in [2.05, 4.69) is 22.4 Å². The molecule has 0 amide bonds. The molecular weight excluding hydrogens is 142 g/mol. The highest BCUT2D eigenvalue weighted by atomic mass is 15.6. The molecule has 1 rings (SSSR count). The fraction of sp³-hybridized carbons (Fsp3) is 0.833. The summed E-state index contributed by atoms with van der Waals surface area (Å²) in [5, 5.41) is 11.3. The molecule has 0 fully saturated rings. The van der Waals surface area contributed by atoms with Crippen LogP contribution in [0, 0.1) is 0 Å². The van der Waals surface area contributed by atoms with Crippen molar-refractivity contribution < 1.29 is 0 Å². The molecule has 0 saturated heterocycles. The van der Waals surface area contributed by atoms with Crippen molar-refractivity contribution >= 4 is 5.95 Å². The van der Waals surface area contributed by atoms with E-state index < -0.39 is 0 Å². The van der Waals surface area contributed by atoms with Gasteiger partial charge in [0.15, 0.2) is 0 Å². The molecular formula is C6H13N5. The number of nitrogens with zero attached hydrogens (tertiary/aromatic N) is 5. The Morgan fingerprint density at radius 2 is 2.18 bits per heavy atom. The predicted molar refractivity (Wildman–Crippen MR) is 42.4 cm³/mol. The van der Waals surface area contributed by atoms with Gasteiger partial charge in [0.2, 0.25) is 5.95 Å². The van der Waals surface area contributed by atoms with Crippen molar-refractivity contribution in [2.24, 2.45) is 0 Å². The van der Waals surface area contributed by atoms with Gasteiger partial charge in [0.1, 0.15) is 0 Å². The summed E-state index contributed by atoms with van der Waals surface area (Å²) in [6.45, 7) is 5.81. The lowest BCUT2D eigenvalue weighted by atomic mass is 10.6. The lowest BCUT2D eigenvalue weighted by Gasteiger charge is -2.13. The minimum absolute atomic E-state index is 0.812. The zero-order valence-corrected chi connectivity index (χ0v) is 7.15. The first kappa shape index (κ1) is 7.97. The molecule has 1 aromatic heterocycles. The van der Waals surface area contributed by atoms with Gasteiger partial charge in [0.05, 0.1) is 0 Å². The Morgan fingerprint density at radius 1 is 1.45 bits per heavy atom. The lowest BCUT2D eigenvalue weighted by Crippen LogP contribution is -2.20. The molecule has 1 aromatic rings. The Kier molecular flexibility index (Phi) is 2.40. The maximum absolute atomic E-state index is 3.89. The van der Waals surface area contributed by atoms with Crippen LogP contribution in [0.4, 0.5) is 5.95 Å². The zero-order chi connectivity index (χ0) is 8.27. The first-order valence-corrected chi connectivity index (χ1v) is 3.76. The Bertz CT molecular complexity index is 219. The highest BCUT2D eigenvalue weighted by Gasteiger charge is 2.06. The lowest BCUT2D eigenvalue weighted by molar-refractivity contribution is 0.619.